The molecular weight excluding hydrogens is 288 g/mol. The van der Waals surface area contributed by atoms with E-state index in [2.05, 4.69) is 10.3 Å². The Balaban J connectivity index is 1.57. The maximum absolute atomic E-state index is 12.1. The smallest absolute Gasteiger partial charge is 0.251 e. The topological polar surface area (TPSA) is 51.2 Å². The lowest BCUT2D eigenvalue weighted by Crippen LogP contribution is -2.28. The number of fused-ring (bicyclic) bond motifs is 1. The fraction of sp³-hybridized carbons (Fsp3) is 0.158. The molecule has 1 heterocycles. The quantitative estimate of drug-likeness (QED) is 0.735. The lowest BCUT2D eigenvalue weighted by atomic mass is 10.1. The fourth-order valence-corrected chi connectivity index (χ4v) is 2.44. The normalized spacial score (nSPS) is 10.5. The van der Waals surface area contributed by atoms with Crippen LogP contribution in [0.15, 0.2) is 60.8 Å². The van der Waals surface area contributed by atoms with Crippen LogP contribution < -0.4 is 10.1 Å². The van der Waals surface area contributed by atoms with Crippen molar-refractivity contribution in [3.05, 3.63) is 71.9 Å². The number of carbonyl (C=O) groups excluding carboxylic acids is 1. The predicted octanol–water partition coefficient (Wildman–Crippen LogP) is 3.35. The minimum Gasteiger partial charge on any atom is -0.489 e. The number of hydrogen-bond acceptors (Lipinski definition) is 3. The van der Waals surface area contributed by atoms with Gasteiger partial charge in [-0.1, -0.05) is 36.4 Å². The molecule has 0 aliphatic heterocycles. The highest BCUT2D eigenvalue weighted by Crippen LogP contribution is 2.22. The SMILES string of the molecule is Cc1ccccc1C(=O)NCCOc1cccc2cccnc12. The highest BCUT2D eigenvalue weighted by molar-refractivity contribution is 5.95. The molecule has 0 bridgehead atoms. The monoisotopic (exact) mass is 306 g/mol. The lowest BCUT2D eigenvalue weighted by Gasteiger charge is -2.10. The number of carbonyl (C=O) groups is 1. The Hall–Kier alpha value is -2.88. The number of nitrogens with one attached hydrogen (secondary N) is 1. The largest absolute Gasteiger partial charge is 0.489 e. The summed E-state index contributed by atoms with van der Waals surface area (Å²) in [4.78, 5) is 16.5. The van der Waals surface area contributed by atoms with Crippen LogP contribution in [0.4, 0.5) is 0 Å². The molecule has 0 aliphatic rings. The Bertz CT molecular complexity index is 825. The molecule has 4 nitrogen and oxygen atoms in total. The van der Waals surface area contributed by atoms with E-state index in [1.165, 1.54) is 0 Å². The van der Waals surface area contributed by atoms with Gasteiger partial charge in [-0.15, -0.1) is 0 Å². The number of pyridine rings is 1. The molecule has 0 atom stereocenters. The second-order valence-electron chi connectivity index (χ2n) is 5.25. The summed E-state index contributed by atoms with van der Waals surface area (Å²) in [5, 5.41) is 3.91. The Labute approximate surface area is 135 Å². The molecule has 2 aromatic carbocycles. The van der Waals surface area contributed by atoms with E-state index in [4.69, 9.17) is 4.74 Å². The van der Waals surface area contributed by atoms with E-state index in [1.807, 2.05) is 61.5 Å². The van der Waals surface area contributed by atoms with Crippen LogP contribution in [0.3, 0.4) is 0 Å². The molecule has 4 heteroatoms. The average molecular weight is 306 g/mol. The molecule has 1 N–H and O–H groups in total. The Morgan fingerprint density at radius 1 is 1.09 bits per heavy atom. The lowest BCUT2D eigenvalue weighted by molar-refractivity contribution is 0.0946. The molecule has 1 amide bonds. The summed E-state index contributed by atoms with van der Waals surface area (Å²) in [6.45, 7) is 2.76. The molecule has 23 heavy (non-hydrogen) atoms. The molecule has 0 aliphatic carbocycles. The number of aromatic nitrogens is 1. The summed E-state index contributed by atoms with van der Waals surface area (Å²) < 4.78 is 5.76. The van der Waals surface area contributed by atoms with Crippen molar-refractivity contribution in [2.24, 2.45) is 0 Å². The van der Waals surface area contributed by atoms with Gasteiger partial charge in [-0.05, 0) is 30.7 Å². The Morgan fingerprint density at radius 2 is 1.91 bits per heavy atom. The third kappa shape index (κ3) is 3.48. The van der Waals surface area contributed by atoms with Crippen molar-refractivity contribution in [1.29, 1.82) is 0 Å². The van der Waals surface area contributed by atoms with Crippen molar-refractivity contribution < 1.29 is 9.53 Å². The minimum absolute atomic E-state index is 0.0808. The zero-order valence-corrected chi connectivity index (χ0v) is 13.0. The maximum atomic E-state index is 12.1. The number of benzene rings is 2. The van der Waals surface area contributed by atoms with Gasteiger partial charge < -0.3 is 10.1 Å². The molecule has 0 saturated carbocycles. The van der Waals surface area contributed by atoms with Crippen LogP contribution in [0.25, 0.3) is 10.9 Å². The van der Waals surface area contributed by atoms with Gasteiger partial charge in [-0.25, -0.2) is 0 Å². The van der Waals surface area contributed by atoms with Crippen LogP contribution in [-0.4, -0.2) is 24.0 Å². The number of amides is 1. The standard InChI is InChI=1S/C19H18N2O2/c1-14-6-2-3-9-16(14)19(22)21-12-13-23-17-10-4-7-15-8-5-11-20-18(15)17/h2-11H,12-13H2,1H3,(H,21,22). The van der Waals surface area contributed by atoms with Gasteiger partial charge in [0, 0.05) is 17.1 Å². The first-order valence-corrected chi connectivity index (χ1v) is 7.56. The predicted molar refractivity (Wildman–Crippen MR) is 90.8 cm³/mol. The number of nitrogens with zero attached hydrogens (tertiary/aromatic N) is 1. The zero-order chi connectivity index (χ0) is 16.1. The second-order valence-corrected chi connectivity index (χ2v) is 5.25. The summed E-state index contributed by atoms with van der Waals surface area (Å²) in [6.07, 6.45) is 1.75. The van der Waals surface area contributed by atoms with Crippen molar-refractivity contribution in [2.75, 3.05) is 13.2 Å². The van der Waals surface area contributed by atoms with Gasteiger partial charge in [0.1, 0.15) is 17.9 Å². The van der Waals surface area contributed by atoms with Crippen molar-refractivity contribution in [3.63, 3.8) is 0 Å². The first-order valence-electron chi connectivity index (χ1n) is 7.56. The van der Waals surface area contributed by atoms with Crippen molar-refractivity contribution in [2.45, 2.75) is 6.92 Å². The van der Waals surface area contributed by atoms with E-state index in [9.17, 15) is 4.79 Å². The van der Waals surface area contributed by atoms with Gasteiger partial charge in [-0.3, -0.25) is 9.78 Å². The van der Waals surface area contributed by atoms with Crippen molar-refractivity contribution >= 4 is 16.8 Å². The fourth-order valence-electron chi connectivity index (χ4n) is 2.44. The zero-order valence-electron chi connectivity index (χ0n) is 13.0. The Kier molecular flexibility index (Phi) is 4.52. The van der Waals surface area contributed by atoms with Crippen molar-refractivity contribution in [1.82, 2.24) is 10.3 Å². The van der Waals surface area contributed by atoms with E-state index in [-0.39, 0.29) is 5.91 Å². The summed E-state index contributed by atoms with van der Waals surface area (Å²) >= 11 is 0. The number of rotatable bonds is 5. The van der Waals surface area contributed by atoms with E-state index in [0.717, 1.165) is 22.2 Å². The molecule has 0 saturated heterocycles. The van der Waals surface area contributed by atoms with Gasteiger partial charge in [0.05, 0.1) is 6.54 Å². The highest BCUT2D eigenvalue weighted by atomic mass is 16.5. The number of para-hydroxylation sites is 1. The first-order chi connectivity index (χ1) is 11.3. The summed E-state index contributed by atoms with van der Waals surface area (Å²) in [7, 11) is 0. The maximum Gasteiger partial charge on any atom is 0.251 e. The molecule has 1 aromatic heterocycles. The van der Waals surface area contributed by atoms with E-state index >= 15 is 0 Å². The third-order valence-corrected chi connectivity index (χ3v) is 3.63. The summed E-state index contributed by atoms with van der Waals surface area (Å²) in [5.41, 5.74) is 2.49. The minimum atomic E-state index is -0.0808. The second kappa shape index (κ2) is 6.92. The van der Waals surface area contributed by atoms with Gasteiger partial charge in [0.2, 0.25) is 0 Å². The molecule has 0 fully saturated rings. The number of ether oxygens (including phenoxy) is 1. The molecule has 3 rings (SSSR count). The van der Waals surface area contributed by atoms with Gasteiger partial charge >= 0.3 is 0 Å². The van der Waals surface area contributed by atoms with E-state index < -0.39 is 0 Å². The number of aryl methyl sites for hydroxylation is 1. The van der Waals surface area contributed by atoms with Crippen LogP contribution in [0.2, 0.25) is 0 Å². The molecule has 3 aromatic rings. The highest BCUT2D eigenvalue weighted by Gasteiger charge is 2.07. The third-order valence-electron chi connectivity index (χ3n) is 3.63. The molecule has 0 unspecified atom stereocenters. The number of hydrogen-bond donors (Lipinski definition) is 1. The molecule has 116 valence electrons. The Morgan fingerprint density at radius 3 is 2.78 bits per heavy atom. The molecule has 0 spiro atoms. The van der Waals surface area contributed by atoms with Crippen LogP contribution in [0, 0.1) is 6.92 Å². The van der Waals surface area contributed by atoms with Crippen LogP contribution in [0.5, 0.6) is 5.75 Å². The van der Waals surface area contributed by atoms with Crippen molar-refractivity contribution in [3.8, 4) is 5.75 Å². The molecular formula is C19H18N2O2. The average Bonchev–Trinajstić information content (AvgIpc) is 2.59. The first kappa shape index (κ1) is 15.0. The van der Waals surface area contributed by atoms with E-state index in [1.54, 1.807) is 6.20 Å². The summed E-state index contributed by atoms with van der Waals surface area (Å²) in [5.74, 6) is 0.649. The van der Waals surface area contributed by atoms with Gasteiger partial charge in [0.25, 0.3) is 5.91 Å². The van der Waals surface area contributed by atoms with Crippen LogP contribution in [-0.2, 0) is 0 Å². The van der Waals surface area contributed by atoms with Gasteiger partial charge in [0.15, 0.2) is 0 Å². The van der Waals surface area contributed by atoms with E-state index in [0.29, 0.717) is 18.7 Å². The van der Waals surface area contributed by atoms with Gasteiger partial charge in [-0.2, -0.15) is 0 Å². The van der Waals surface area contributed by atoms with Crippen LogP contribution >= 0.6 is 0 Å². The molecule has 0 radical (unpaired) electrons. The summed E-state index contributed by atoms with van der Waals surface area (Å²) in [6, 6.07) is 17.2. The van der Waals surface area contributed by atoms with Crippen LogP contribution in [0.1, 0.15) is 15.9 Å².